The van der Waals surface area contributed by atoms with E-state index in [0.717, 1.165) is 55.9 Å². The molecule has 4 nitrogen and oxygen atoms in total. The third kappa shape index (κ3) is 4.15. The lowest BCUT2D eigenvalue weighted by Crippen LogP contribution is -2.11. The quantitative estimate of drug-likeness (QED) is 0.183. The van der Waals surface area contributed by atoms with E-state index in [1.165, 1.54) is 38.1 Å². The van der Waals surface area contributed by atoms with Crippen molar-refractivity contribution in [3.63, 3.8) is 0 Å². The Morgan fingerprint density at radius 3 is 1.52 bits per heavy atom. The lowest BCUT2D eigenvalue weighted by molar-refractivity contribution is 0.669. The average molecular weight is 666 g/mol. The summed E-state index contributed by atoms with van der Waals surface area (Å²) in [5.74, 6) is 0. The molecule has 0 spiro atoms. The zero-order chi connectivity index (χ0) is 34.2. The van der Waals surface area contributed by atoms with Crippen molar-refractivity contribution in [2.45, 2.75) is 0 Å². The summed E-state index contributed by atoms with van der Waals surface area (Å²) in [6, 6.07) is 67.2. The van der Waals surface area contributed by atoms with E-state index in [4.69, 9.17) is 4.42 Å². The van der Waals surface area contributed by atoms with Crippen molar-refractivity contribution in [3.05, 3.63) is 188 Å². The van der Waals surface area contributed by atoms with Crippen molar-refractivity contribution < 1.29 is 4.42 Å². The fraction of sp³-hybridized carbons (Fsp3) is 0. The number of fused-ring (bicyclic) bond motifs is 9. The predicted octanol–water partition coefficient (Wildman–Crippen LogP) is 13.2. The fourth-order valence-electron chi connectivity index (χ4n) is 8.34. The number of para-hydroxylation sites is 5. The van der Waals surface area contributed by atoms with Gasteiger partial charge in [0, 0.05) is 44.0 Å². The minimum absolute atomic E-state index is 0.865. The number of benzene rings is 8. The minimum atomic E-state index is 0.865. The highest BCUT2D eigenvalue weighted by Gasteiger charge is 2.24. The Morgan fingerprint density at radius 2 is 0.808 bits per heavy atom. The molecule has 0 fully saturated rings. The summed E-state index contributed by atoms with van der Waals surface area (Å²) in [6.07, 6.45) is 0. The molecule has 0 amide bonds. The summed E-state index contributed by atoms with van der Waals surface area (Å²) in [6.45, 7) is 0. The Kier molecular flexibility index (Phi) is 6.22. The summed E-state index contributed by atoms with van der Waals surface area (Å²) in [7, 11) is 0. The Hall–Kier alpha value is -7.04. The van der Waals surface area contributed by atoms with Gasteiger partial charge in [-0.15, -0.1) is 0 Å². The number of hydrogen-bond acceptors (Lipinski definition) is 2. The van der Waals surface area contributed by atoms with Crippen LogP contribution >= 0.6 is 0 Å². The van der Waals surface area contributed by atoms with Gasteiger partial charge >= 0.3 is 0 Å². The number of furan rings is 1. The predicted molar refractivity (Wildman–Crippen MR) is 217 cm³/mol. The molecule has 0 aliphatic carbocycles. The highest BCUT2D eigenvalue weighted by molar-refractivity contribution is 6.19. The van der Waals surface area contributed by atoms with Gasteiger partial charge in [-0.05, 0) is 84.9 Å². The van der Waals surface area contributed by atoms with Gasteiger partial charge in [-0.25, -0.2) is 0 Å². The van der Waals surface area contributed by atoms with Gasteiger partial charge in [-0.2, -0.15) is 0 Å². The molecule has 0 saturated heterocycles. The number of aromatic nitrogens is 2. The van der Waals surface area contributed by atoms with Gasteiger partial charge in [0.15, 0.2) is 0 Å². The van der Waals surface area contributed by atoms with Crippen molar-refractivity contribution in [2.24, 2.45) is 0 Å². The standard InChI is InChI=1S/C48H31N3O/c1-2-14-32(15-3-1)50-41-22-10-6-18-37(41)47-42(50)23-12-24-43(47)51(44-25-13-27-46-48(44)38-19-7-11-26-45(38)52-46)34-30-28-33(29-31-34)49-39-20-8-4-16-35(39)36-17-5-9-21-40(36)49/h1-31H. The van der Waals surface area contributed by atoms with Gasteiger partial charge < -0.3 is 18.5 Å². The molecule has 0 aliphatic heterocycles. The molecular formula is C48H31N3O. The van der Waals surface area contributed by atoms with E-state index in [-0.39, 0.29) is 0 Å². The van der Waals surface area contributed by atoms with Gasteiger partial charge in [-0.3, -0.25) is 0 Å². The van der Waals surface area contributed by atoms with Crippen LogP contribution in [-0.2, 0) is 0 Å². The zero-order valence-corrected chi connectivity index (χ0v) is 28.1. The van der Waals surface area contributed by atoms with E-state index in [1.807, 2.05) is 6.07 Å². The van der Waals surface area contributed by atoms with E-state index < -0.39 is 0 Å². The summed E-state index contributed by atoms with van der Waals surface area (Å²) in [5.41, 5.74) is 11.9. The first-order valence-electron chi connectivity index (χ1n) is 17.7. The van der Waals surface area contributed by atoms with Crippen molar-refractivity contribution in [1.82, 2.24) is 9.13 Å². The molecule has 11 rings (SSSR count). The molecule has 11 aromatic rings. The van der Waals surface area contributed by atoms with Crippen molar-refractivity contribution in [3.8, 4) is 11.4 Å². The van der Waals surface area contributed by atoms with Gasteiger partial charge in [0.2, 0.25) is 0 Å². The molecule has 0 unspecified atom stereocenters. The molecule has 0 N–H and O–H groups in total. The van der Waals surface area contributed by atoms with Crippen LogP contribution in [-0.4, -0.2) is 9.13 Å². The molecule has 244 valence electrons. The topological polar surface area (TPSA) is 26.2 Å². The molecule has 0 aliphatic rings. The van der Waals surface area contributed by atoms with Crippen molar-refractivity contribution >= 4 is 82.6 Å². The second-order valence-corrected chi connectivity index (χ2v) is 13.3. The van der Waals surface area contributed by atoms with Crippen LogP contribution in [0.1, 0.15) is 0 Å². The van der Waals surface area contributed by atoms with Gasteiger partial charge in [-0.1, -0.05) is 103 Å². The van der Waals surface area contributed by atoms with Crippen LogP contribution in [0.4, 0.5) is 17.1 Å². The molecule has 0 atom stereocenters. The van der Waals surface area contributed by atoms with Crippen LogP contribution < -0.4 is 4.90 Å². The SMILES string of the molecule is c1ccc(-n2c3ccccc3c3c(N(c4ccc(-n5c6ccccc6c6ccccc65)cc4)c4cccc5oc6ccccc6c45)cccc32)cc1. The Balaban J connectivity index is 1.20. The normalized spacial score (nSPS) is 11.8. The third-order valence-corrected chi connectivity index (χ3v) is 10.5. The first-order valence-corrected chi connectivity index (χ1v) is 17.7. The molecule has 0 bridgehead atoms. The van der Waals surface area contributed by atoms with Crippen LogP contribution in [0.2, 0.25) is 0 Å². The summed E-state index contributed by atoms with van der Waals surface area (Å²) < 4.78 is 11.2. The molecule has 0 saturated carbocycles. The van der Waals surface area contributed by atoms with E-state index in [2.05, 4.69) is 196 Å². The molecule has 4 heteroatoms. The van der Waals surface area contributed by atoms with Gasteiger partial charge in [0.25, 0.3) is 0 Å². The highest BCUT2D eigenvalue weighted by atomic mass is 16.3. The maximum atomic E-state index is 6.45. The molecular weight excluding hydrogens is 635 g/mol. The summed E-state index contributed by atoms with van der Waals surface area (Å²) >= 11 is 0. The number of anilines is 3. The van der Waals surface area contributed by atoms with Crippen LogP contribution in [0.5, 0.6) is 0 Å². The maximum Gasteiger partial charge on any atom is 0.137 e. The van der Waals surface area contributed by atoms with Crippen LogP contribution in [0.25, 0.3) is 76.9 Å². The summed E-state index contributed by atoms with van der Waals surface area (Å²) in [4.78, 5) is 2.42. The average Bonchev–Trinajstić information content (AvgIpc) is 3.87. The molecule has 3 heterocycles. The lowest BCUT2D eigenvalue weighted by Gasteiger charge is -2.27. The van der Waals surface area contributed by atoms with Crippen LogP contribution in [0, 0.1) is 0 Å². The molecule has 52 heavy (non-hydrogen) atoms. The monoisotopic (exact) mass is 665 g/mol. The number of nitrogens with zero attached hydrogens (tertiary/aromatic N) is 3. The second-order valence-electron chi connectivity index (χ2n) is 13.3. The Labute approximate surface area is 299 Å². The van der Waals surface area contributed by atoms with E-state index >= 15 is 0 Å². The largest absolute Gasteiger partial charge is 0.456 e. The maximum absolute atomic E-state index is 6.45. The fourth-order valence-corrected chi connectivity index (χ4v) is 8.34. The lowest BCUT2D eigenvalue weighted by atomic mass is 10.1. The van der Waals surface area contributed by atoms with Crippen LogP contribution in [0.3, 0.4) is 0 Å². The first-order chi connectivity index (χ1) is 25.8. The number of hydrogen-bond donors (Lipinski definition) is 0. The molecule has 0 radical (unpaired) electrons. The molecule has 3 aromatic heterocycles. The summed E-state index contributed by atoms with van der Waals surface area (Å²) in [5, 5.41) is 7.09. The smallest absolute Gasteiger partial charge is 0.137 e. The Bertz CT molecular complexity index is 3080. The first kappa shape index (κ1) is 28.8. The molecule has 8 aromatic carbocycles. The van der Waals surface area contributed by atoms with Gasteiger partial charge in [0.05, 0.1) is 38.8 Å². The van der Waals surface area contributed by atoms with Crippen LogP contribution in [0.15, 0.2) is 192 Å². The van der Waals surface area contributed by atoms with E-state index in [0.29, 0.717) is 0 Å². The number of rotatable bonds is 5. The van der Waals surface area contributed by atoms with E-state index in [9.17, 15) is 0 Å². The Morgan fingerprint density at radius 1 is 0.327 bits per heavy atom. The van der Waals surface area contributed by atoms with Gasteiger partial charge in [0.1, 0.15) is 11.2 Å². The van der Waals surface area contributed by atoms with Crippen molar-refractivity contribution in [2.75, 3.05) is 4.90 Å². The second kappa shape index (κ2) is 11.2. The minimum Gasteiger partial charge on any atom is -0.456 e. The zero-order valence-electron chi connectivity index (χ0n) is 28.1. The highest BCUT2D eigenvalue weighted by Crippen LogP contribution is 2.47. The van der Waals surface area contributed by atoms with Crippen molar-refractivity contribution in [1.29, 1.82) is 0 Å². The third-order valence-electron chi connectivity index (χ3n) is 10.5. The van der Waals surface area contributed by atoms with E-state index in [1.54, 1.807) is 0 Å².